The van der Waals surface area contributed by atoms with Gasteiger partial charge in [0.15, 0.2) is 0 Å². The minimum atomic E-state index is 0.656. The van der Waals surface area contributed by atoms with E-state index in [9.17, 15) is 0 Å². The SMILES string of the molecule is C1=Cc2c(c3c(c4ccccc24)-c2ccc(-c4ccccc4)cc2C3)OC1. The van der Waals surface area contributed by atoms with E-state index >= 15 is 0 Å². The van der Waals surface area contributed by atoms with Gasteiger partial charge < -0.3 is 4.74 Å². The van der Waals surface area contributed by atoms with Crippen LogP contribution >= 0.6 is 0 Å². The first-order valence-electron chi connectivity index (χ1n) is 9.46. The van der Waals surface area contributed by atoms with E-state index in [2.05, 4.69) is 84.9 Å². The first kappa shape index (κ1) is 14.8. The molecule has 0 spiro atoms. The Bertz CT molecular complexity index is 1230. The Morgan fingerprint density at radius 2 is 1.56 bits per heavy atom. The second-order valence-corrected chi connectivity index (χ2v) is 7.27. The van der Waals surface area contributed by atoms with Crippen molar-refractivity contribution in [1.29, 1.82) is 0 Å². The van der Waals surface area contributed by atoms with Gasteiger partial charge in [0.2, 0.25) is 0 Å². The van der Waals surface area contributed by atoms with Crippen molar-refractivity contribution >= 4 is 16.8 Å². The molecule has 1 aliphatic carbocycles. The summed E-state index contributed by atoms with van der Waals surface area (Å²) in [6.45, 7) is 0.656. The van der Waals surface area contributed by atoms with Crippen LogP contribution in [0.2, 0.25) is 0 Å². The van der Waals surface area contributed by atoms with E-state index < -0.39 is 0 Å². The largest absolute Gasteiger partial charge is 0.489 e. The molecule has 0 aromatic heterocycles. The fourth-order valence-electron chi connectivity index (χ4n) is 4.59. The van der Waals surface area contributed by atoms with Crippen molar-refractivity contribution < 1.29 is 4.74 Å². The average molecular weight is 346 g/mol. The molecule has 6 rings (SSSR count). The van der Waals surface area contributed by atoms with Gasteiger partial charge in [-0.25, -0.2) is 0 Å². The van der Waals surface area contributed by atoms with E-state index in [-0.39, 0.29) is 0 Å². The zero-order chi connectivity index (χ0) is 17.8. The summed E-state index contributed by atoms with van der Waals surface area (Å²) in [5, 5.41) is 2.61. The molecule has 0 radical (unpaired) electrons. The first-order chi connectivity index (χ1) is 13.4. The lowest BCUT2D eigenvalue weighted by molar-refractivity contribution is 0.356. The third-order valence-electron chi connectivity index (χ3n) is 5.76. The third kappa shape index (κ3) is 2.12. The molecule has 0 saturated heterocycles. The summed E-state index contributed by atoms with van der Waals surface area (Å²) in [6.07, 6.45) is 5.27. The van der Waals surface area contributed by atoms with Crippen LogP contribution < -0.4 is 4.74 Å². The second kappa shape index (κ2) is 5.59. The van der Waals surface area contributed by atoms with Crippen molar-refractivity contribution in [1.82, 2.24) is 0 Å². The molecule has 0 N–H and O–H groups in total. The Balaban J connectivity index is 1.62. The average Bonchev–Trinajstić information content (AvgIpc) is 3.14. The van der Waals surface area contributed by atoms with Crippen LogP contribution in [-0.4, -0.2) is 6.61 Å². The van der Waals surface area contributed by atoms with Gasteiger partial charge in [0.1, 0.15) is 12.4 Å². The summed E-state index contributed by atoms with van der Waals surface area (Å²) in [5.41, 5.74) is 9.21. The third-order valence-corrected chi connectivity index (χ3v) is 5.76. The van der Waals surface area contributed by atoms with Crippen LogP contribution in [0.25, 0.3) is 39.1 Å². The molecular weight excluding hydrogens is 328 g/mol. The maximum absolute atomic E-state index is 6.13. The molecule has 128 valence electrons. The molecule has 0 fully saturated rings. The fourth-order valence-corrected chi connectivity index (χ4v) is 4.59. The molecule has 1 heteroatoms. The summed E-state index contributed by atoms with van der Waals surface area (Å²) in [6, 6.07) is 26.2. The lowest BCUT2D eigenvalue weighted by Crippen LogP contribution is -2.04. The minimum absolute atomic E-state index is 0.656. The Morgan fingerprint density at radius 1 is 0.741 bits per heavy atom. The van der Waals surface area contributed by atoms with Crippen LogP contribution in [-0.2, 0) is 6.42 Å². The fraction of sp³-hybridized carbons (Fsp3) is 0.0769. The Morgan fingerprint density at radius 3 is 2.44 bits per heavy atom. The van der Waals surface area contributed by atoms with Crippen molar-refractivity contribution in [3.8, 4) is 28.0 Å². The van der Waals surface area contributed by atoms with Gasteiger partial charge >= 0.3 is 0 Å². The van der Waals surface area contributed by atoms with E-state index in [1.165, 1.54) is 49.7 Å². The summed E-state index contributed by atoms with van der Waals surface area (Å²) in [5.74, 6) is 1.07. The summed E-state index contributed by atoms with van der Waals surface area (Å²) in [4.78, 5) is 0. The van der Waals surface area contributed by atoms with Gasteiger partial charge in [-0.1, -0.05) is 78.9 Å². The van der Waals surface area contributed by atoms with Gasteiger partial charge in [0.05, 0.1) is 0 Å². The van der Waals surface area contributed by atoms with Gasteiger partial charge in [0.25, 0.3) is 0 Å². The monoisotopic (exact) mass is 346 g/mol. The molecule has 27 heavy (non-hydrogen) atoms. The standard InChI is InChI=1S/C26H18O/c1-2-7-17(8-3-1)18-12-13-20-19(15-18)16-24-25(20)22-10-5-4-9-21(22)23-11-6-14-27-26(23)24/h1-13,15H,14,16H2. The molecule has 0 unspecified atom stereocenters. The van der Waals surface area contributed by atoms with Crippen LogP contribution in [0.1, 0.15) is 16.7 Å². The van der Waals surface area contributed by atoms with Gasteiger partial charge in [0, 0.05) is 17.5 Å². The Kier molecular flexibility index (Phi) is 3.06. The quantitative estimate of drug-likeness (QED) is 0.337. The Hall–Kier alpha value is -3.32. The molecule has 2 aliphatic rings. The number of ether oxygens (including phenoxy) is 1. The molecule has 0 bridgehead atoms. The van der Waals surface area contributed by atoms with Crippen molar-refractivity contribution in [3.05, 3.63) is 95.6 Å². The number of hydrogen-bond acceptors (Lipinski definition) is 1. The second-order valence-electron chi connectivity index (χ2n) is 7.27. The molecule has 1 nitrogen and oxygen atoms in total. The number of hydrogen-bond donors (Lipinski definition) is 0. The van der Waals surface area contributed by atoms with Crippen molar-refractivity contribution in [2.24, 2.45) is 0 Å². The van der Waals surface area contributed by atoms with Crippen molar-refractivity contribution in [2.45, 2.75) is 6.42 Å². The van der Waals surface area contributed by atoms with E-state index in [0.29, 0.717) is 6.61 Å². The zero-order valence-electron chi connectivity index (χ0n) is 14.9. The van der Waals surface area contributed by atoms with Crippen LogP contribution in [0.15, 0.2) is 78.9 Å². The van der Waals surface area contributed by atoms with Gasteiger partial charge in [-0.15, -0.1) is 0 Å². The molecule has 4 aromatic carbocycles. The number of fused-ring (bicyclic) bond motifs is 8. The van der Waals surface area contributed by atoms with E-state index in [1.54, 1.807) is 0 Å². The van der Waals surface area contributed by atoms with Crippen LogP contribution in [0.5, 0.6) is 5.75 Å². The maximum Gasteiger partial charge on any atom is 0.131 e. The lowest BCUT2D eigenvalue weighted by atomic mass is 9.92. The highest BCUT2D eigenvalue weighted by atomic mass is 16.5. The molecule has 4 aromatic rings. The molecule has 1 heterocycles. The van der Waals surface area contributed by atoms with Gasteiger partial charge in [-0.3, -0.25) is 0 Å². The maximum atomic E-state index is 6.13. The smallest absolute Gasteiger partial charge is 0.131 e. The number of benzene rings is 4. The summed E-state index contributed by atoms with van der Waals surface area (Å²) >= 11 is 0. The lowest BCUT2D eigenvalue weighted by Gasteiger charge is -2.20. The van der Waals surface area contributed by atoms with E-state index in [1.807, 2.05) is 0 Å². The molecule has 1 aliphatic heterocycles. The molecule has 0 amide bonds. The molecular formula is C26H18O. The highest BCUT2D eigenvalue weighted by molar-refractivity contribution is 6.07. The normalized spacial score (nSPS) is 13.8. The highest BCUT2D eigenvalue weighted by Gasteiger charge is 2.28. The van der Waals surface area contributed by atoms with Crippen molar-refractivity contribution in [3.63, 3.8) is 0 Å². The Labute approximate surface area is 158 Å². The molecule has 0 atom stereocenters. The summed E-state index contributed by atoms with van der Waals surface area (Å²) in [7, 11) is 0. The van der Waals surface area contributed by atoms with E-state index in [0.717, 1.165) is 12.2 Å². The van der Waals surface area contributed by atoms with Crippen LogP contribution in [0, 0.1) is 0 Å². The minimum Gasteiger partial charge on any atom is -0.489 e. The van der Waals surface area contributed by atoms with Gasteiger partial charge in [-0.2, -0.15) is 0 Å². The van der Waals surface area contributed by atoms with Gasteiger partial charge in [-0.05, 0) is 44.7 Å². The number of rotatable bonds is 1. The predicted octanol–water partition coefficient (Wildman–Crippen LogP) is 6.48. The predicted molar refractivity (Wildman–Crippen MR) is 112 cm³/mol. The highest BCUT2D eigenvalue weighted by Crippen LogP contribution is 2.49. The zero-order valence-corrected chi connectivity index (χ0v) is 14.9. The van der Waals surface area contributed by atoms with Crippen molar-refractivity contribution in [2.75, 3.05) is 6.61 Å². The topological polar surface area (TPSA) is 9.23 Å². The summed E-state index contributed by atoms with van der Waals surface area (Å²) < 4.78 is 6.13. The van der Waals surface area contributed by atoms with Crippen LogP contribution in [0.4, 0.5) is 0 Å². The molecule has 0 saturated carbocycles. The van der Waals surface area contributed by atoms with E-state index in [4.69, 9.17) is 4.74 Å². The van der Waals surface area contributed by atoms with Crippen LogP contribution in [0.3, 0.4) is 0 Å². The first-order valence-corrected chi connectivity index (χ1v) is 9.46.